The molecule has 3 aromatic rings. The summed E-state index contributed by atoms with van der Waals surface area (Å²) >= 11 is 0. The first-order valence-corrected chi connectivity index (χ1v) is 10.5. The highest BCUT2D eigenvalue weighted by Crippen LogP contribution is 2.35. The smallest absolute Gasteiger partial charge is 0.326 e. The average molecular weight is 428 g/mol. The number of amides is 4. The lowest BCUT2D eigenvalue weighted by Gasteiger charge is -2.28. The van der Waals surface area contributed by atoms with E-state index in [-0.39, 0.29) is 12.5 Å². The second-order valence-electron chi connectivity index (χ2n) is 7.98. The van der Waals surface area contributed by atoms with Crippen LogP contribution < -0.4 is 5.32 Å². The molecule has 1 fully saturated rings. The van der Waals surface area contributed by atoms with E-state index in [4.69, 9.17) is 0 Å². The molecular weight excluding hydrogens is 402 g/mol. The molecule has 162 valence electrons. The topological polar surface area (TPSA) is 69.7 Å². The Labute approximate surface area is 187 Å². The molecule has 3 aromatic carbocycles. The van der Waals surface area contributed by atoms with Gasteiger partial charge in [-0.3, -0.25) is 14.5 Å². The second kappa shape index (κ2) is 8.67. The summed E-state index contributed by atoms with van der Waals surface area (Å²) in [5.41, 5.74) is 2.02. The maximum absolute atomic E-state index is 13.7. The molecule has 0 unspecified atom stereocenters. The predicted molar refractivity (Wildman–Crippen MR) is 122 cm³/mol. The van der Waals surface area contributed by atoms with Crippen molar-refractivity contribution in [2.75, 3.05) is 13.6 Å². The monoisotopic (exact) mass is 427 g/mol. The van der Waals surface area contributed by atoms with Crippen molar-refractivity contribution in [2.24, 2.45) is 0 Å². The van der Waals surface area contributed by atoms with Gasteiger partial charge in [-0.05, 0) is 29.2 Å². The Kier molecular flexibility index (Phi) is 5.77. The van der Waals surface area contributed by atoms with Crippen LogP contribution in [0.2, 0.25) is 0 Å². The molecule has 0 aliphatic carbocycles. The van der Waals surface area contributed by atoms with Gasteiger partial charge in [0, 0.05) is 13.6 Å². The number of nitrogens with one attached hydrogen (secondary N) is 1. The van der Waals surface area contributed by atoms with Gasteiger partial charge in [0.25, 0.3) is 5.91 Å². The van der Waals surface area contributed by atoms with Gasteiger partial charge in [-0.1, -0.05) is 84.9 Å². The zero-order chi connectivity index (χ0) is 22.7. The summed E-state index contributed by atoms with van der Waals surface area (Å²) in [5, 5.41) is 2.87. The minimum Gasteiger partial charge on any atom is -0.340 e. The first-order valence-electron chi connectivity index (χ1n) is 10.5. The summed E-state index contributed by atoms with van der Waals surface area (Å²) in [6, 6.07) is 25.5. The quantitative estimate of drug-likeness (QED) is 0.613. The van der Waals surface area contributed by atoms with Gasteiger partial charge in [0.15, 0.2) is 5.54 Å². The Morgan fingerprint density at radius 1 is 0.875 bits per heavy atom. The lowest BCUT2D eigenvalue weighted by Crippen LogP contribution is -2.46. The molecule has 1 aliphatic heterocycles. The average Bonchev–Trinajstić information content (AvgIpc) is 3.07. The first-order chi connectivity index (χ1) is 15.4. The van der Waals surface area contributed by atoms with Gasteiger partial charge in [-0.2, -0.15) is 0 Å². The van der Waals surface area contributed by atoms with E-state index in [0.29, 0.717) is 17.7 Å². The largest absolute Gasteiger partial charge is 0.340 e. The maximum Gasteiger partial charge on any atom is 0.326 e. The van der Waals surface area contributed by atoms with Crippen LogP contribution in [0, 0.1) is 6.92 Å². The van der Waals surface area contributed by atoms with Crippen molar-refractivity contribution in [3.8, 4) is 0 Å². The predicted octanol–water partition coefficient (Wildman–Crippen LogP) is 3.45. The van der Waals surface area contributed by atoms with E-state index >= 15 is 0 Å². The van der Waals surface area contributed by atoms with Crippen LogP contribution in [0.3, 0.4) is 0 Å². The minimum absolute atomic E-state index is 0.311. The molecule has 4 rings (SSSR count). The van der Waals surface area contributed by atoms with Gasteiger partial charge >= 0.3 is 6.03 Å². The third-order valence-corrected chi connectivity index (χ3v) is 5.91. The third-order valence-electron chi connectivity index (χ3n) is 5.91. The summed E-state index contributed by atoms with van der Waals surface area (Å²) < 4.78 is 0. The highest BCUT2D eigenvalue weighted by Gasteiger charge is 2.54. The molecule has 6 nitrogen and oxygen atoms in total. The van der Waals surface area contributed by atoms with Gasteiger partial charge in [-0.25, -0.2) is 4.79 Å². The Hall–Kier alpha value is -3.93. The van der Waals surface area contributed by atoms with E-state index in [0.717, 1.165) is 16.0 Å². The van der Waals surface area contributed by atoms with Crippen molar-refractivity contribution in [2.45, 2.75) is 19.0 Å². The Morgan fingerprint density at radius 2 is 1.41 bits per heavy atom. The number of nitrogens with zero attached hydrogens (tertiary/aromatic N) is 2. The van der Waals surface area contributed by atoms with Crippen LogP contribution in [0.5, 0.6) is 0 Å². The minimum atomic E-state index is -1.37. The van der Waals surface area contributed by atoms with Crippen LogP contribution in [-0.2, 0) is 21.7 Å². The molecule has 6 heteroatoms. The second-order valence-corrected chi connectivity index (χ2v) is 7.98. The van der Waals surface area contributed by atoms with Gasteiger partial charge < -0.3 is 10.2 Å². The summed E-state index contributed by atoms with van der Waals surface area (Å²) in [7, 11) is 1.68. The Balaban J connectivity index is 1.61. The first kappa shape index (κ1) is 21.3. The molecular formula is C26H25N3O3. The molecule has 1 saturated heterocycles. The lowest BCUT2D eigenvalue weighted by molar-refractivity contribution is -0.138. The van der Waals surface area contributed by atoms with Crippen LogP contribution in [0.4, 0.5) is 4.79 Å². The maximum atomic E-state index is 13.7. The van der Waals surface area contributed by atoms with Gasteiger partial charge in [0.2, 0.25) is 5.91 Å². The van der Waals surface area contributed by atoms with Crippen LogP contribution in [0.15, 0.2) is 84.9 Å². The van der Waals surface area contributed by atoms with E-state index in [1.54, 1.807) is 31.3 Å². The fourth-order valence-electron chi connectivity index (χ4n) is 4.04. The standard InChI is InChI=1S/C26H25N3O3/c1-19-11-9-10-12-20(19)17-28(2)23(30)18-29-24(31)26(27-25(29)32,21-13-5-3-6-14-21)22-15-7-4-8-16-22/h3-16H,17-18H2,1-2H3,(H,27,32). The number of urea groups is 1. The molecule has 0 aromatic heterocycles. The van der Waals surface area contributed by atoms with Crippen LogP contribution >= 0.6 is 0 Å². The molecule has 32 heavy (non-hydrogen) atoms. The van der Waals surface area contributed by atoms with Gasteiger partial charge in [-0.15, -0.1) is 0 Å². The van der Waals surface area contributed by atoms with Crippen molar-refractivity contribution >= 4 is 17.8 Å². The van der Waals surface area contributed by atoms with Crippen molar-refractivity contribution in [1.29, 1.82) is 0 Å². The van der Waals surface area contributed by atoms with Crippen molar-refractivity contribution in [3.05, 3.63) is 107 Å². The van der Waals surface area contributed by atoms with Crippen LogP contribution in [-0.4, -0.2) is 41.2 Å². The number of carbonyl (C=O) groups excluding carboxylic acids is 3. The Morgan fingerprint density at radius 3 is 1.97 bits per heavy atom. The summed E-state index contributed by atoms with van der Waals surface area (Å²) in [6.45, 7) is 2.06. The molecule has 0 atom stereocenters. The molecule has 0 radical (unpaired) electrons. The van der Waals surface area contributed by atoms with E-state index in [1.807, 2.05) is 67.6 Å². The number of hydrogen-bond donors (Lipinski definition) is 1. The highest BCUT2D eigenvalue weighted by molar-refractivity contribution is 6.11. The van der Waals surface area contributed by atoms with Crippen LogP contribution in [0.25, 0.3) is 0 Å². The molecule has 0 bridgehead atoms. The Bertz CT molecular complexity index is 1110. The molecule has 0 saturated carbocycles. The number of benzene rings is 3. The molecule has 1 aliphatic rings. The number of carbonyl (C=O) groups is 3. The van der Waals surface area contributed by atoms with E-state index < -0.39 is 17.5 Å². The van der Waals surface area contributed by atoms with E-state index in [2.05, 4.69) is 5.32 Å². The van der Waals surface area contributed by atoms with Crippen molar-refractivity contribution < 1.29 is 14.4 Å². The zero-order valence-corrected chi connectivity index (χ0v) is 18.1. The SMILES string of the molecule is Cc1ccccc1CN(C)C(=O)CN1C(=O)NC(c2ccccc2)(c2ccccc2)C1=O. The van der Waals surface area contributed by atoms with Crippen LogP contribution in [0.1, 0.15) is 22.3 Å². The van der Waals surface area contributed by atoms with Crippen molar-refractivity contribution in [3.63, 3.8) is 0 Å². The molecule has 1 N–H and O–H groups in total. The van der Waals surface area contributed by atoms with Gasteiger partial charge in [0.05, 0.1) is 0 Å². The fraction of sp³-hybridized carbons (Fsp3) is 0.192. The molecule has 1 heterocycles. The van der Waals surface area contributed by atoms with Crippen molar-refractivity contribution in [1.82, 2.24) is 15.1 Å². The normalized spacial score (nSPS) is 14.9. The summed E-state index contributed by atoms with van der Waals surface area (Å²) in [4.78, 5) is 42.1. The van der Waals surface area contributed by atoms with E-state index in [1.165, 1.54) is 4.90 Å². The molecule has 0 spiro atoms. The number of aryl methyl sites for hydroxylation is 1. The molecule has 4 amide bonds. The number of rotatable bonds is 6. The highest BCUT2D eigenvalue weighted by atomic mass is 16.2. The van der Waals surface area contributed by atoms with Gasteiger partial charge in [0.1, 0.15) is 6.54 Å². The number of likely N-dealkylation sites (N-methyl/N-ethyl adjacent to an activating group) is 1. The lowest BCUT2D eigenvalue weighted by atomic mass is 9.82. The number of hydrogen-bond acceptors (Lipinski definition) is 3. The van der Waals surface area contributed by atoms with E-state index in [9.17, 15) is 14.4 Å². The number of imide groups is 1. The summed E-state index contributed by atoms with van der Waals surface area (Å²) in [6.07, 6.45) is 0. The third kappa shape index (κ3) is 3.75. The zero-order valence-electron chi connectivity index (χ0n) is 18.1. The fourth-order valence-corrected chi connectivity index (χ4v) is 4.04. The summed E-state index contributed by atoms with van der Waals surface area (Å²) in [5.74, 6) is -0.772.